The fourth-order valence-electron chi connectivity index (χ4n) is 5.22. The maximum atomic E-state index is 11.8. The average Bonchev–Trinajstić information content (AvgIpc) is 3.04. The molecule has 2 aliphatic rings. The summed E-state index contributed by atoms with van der Waals surface area (Å²) >= 11 is 0. The van der Waals surface area contributed by atoms with E-state index in [1.54, 1.807) is 18.6 Å². The number of aryl methyl sites for hydroxylation is 1. The van der Waals surface area contributed by atoms with Gasteiger partial charge in [-0.3, -0.25) is 0 Å². The first-order chi connectivity index (χ1) is 11.3. The second-order valence-electron chi connectivity index (χ2n) is 8.24. The Morgan fingerprint density at radius 3 is 2.79 bits per heavy atom. The van der Waals surface area contributed by atoms with Crippen LogP contribution in [-0.4, -0.2) is 22.3 Å². The fraction of sp³-hybridized carbons (Fsp3) is 0.650. The van der Waals surface area contributed by atoms with Gasteiger partial charge in [-0.15, -0.1) is 0 Å². The van der Waals surface area contributed by atoms with Crippen LogP contribution in [0.2, 0.25) is 0 Å². The molecule has 2 aliphatic carbocycles. The van der Waals surface area contributed by atoms with Gasteiger partial charge in [0.15, 0.2) is 0 Å². The Kier molecular flexibility index (Phi) is 4.37. The molecule has 3 rings (SSSR count). The second-order valence-corrected chi connectivity index (χ2v) is 8.24. The number of carbonyl (C=O) groups is 1. The Balaban J connectivity index is 1.93. The summed E-state index contributed by atoms with van der Waals surface area (Å²) in [5.41, 5.74) is 1.23. The minimum atomic E-state index is -0.881. The van der Waals surface area contributed by atoms with E-state index in [4.69, 9.17) is 4.42 Å². The zero-order chi connectivity index (χ0) is 17.5. The molecule has 0 aromatic carbocycles. The van der Waals surface area contributed by atoms with E-state index in [9.17, 15) is 15.0 Å². The molecular weight excluding hydrogens is 304 g/mol. The van der Waals surface area contributed by atoms with Gasteiger partial charge in [0.2, 0.25) is 0 Å². The van der Waals surface area contributed by atoms with Crippen molar-refractivity contribution in [3.63, 3.8) is 0 Å². The lowest BCUT2D eigenvalue weighted by atomic mass is 9.46. The molecule has 0 radical (unpaired) electrons. The molecule has 2 N–H and O–H groups in total. The van der Waals surface area contributed by atoms with Crippen molar-refractivity contribution in [2.45, 2.75) is 59.0 Å². The molecule has 1 fully saturated rings. The number of aliphatic carboxylic acids is 1. The van der Waals surface area contributed by atoms with Crippen molar-refractivity contribution >= 4 is 5.97 Å². The average molecular weight is 332 g/mol. The van der Waals surface area contributed by atoms with E-state index in [0.717, 1.165) is 25.7 Å². The number of fused-ring (bicyclic) bond motifs is 1. The summed E-state index contributed by atoms with van der Waals surface area (Å²) in [5, 5.41) is 20.0. The van der Waals surface area contributed by atoms with Gasteiger partial charge in [0.25, 0.3) is 0 Å². The number of hydrogen-bond acceptors (Lipinski definition) is 3. The maximum absolute atomic E-state index is 11.8. The molecule has 5 atom stereocenters. The van der Waals surface area contributed by atoms with E-state index in [1.807, 2.05) is 6.07 Å². The van der Waals surface area contributed by atoms with Gasteiger partial charge in [0.1, 0.15) is 0 Å². The summed E-state index contributed by atoms with van der Waals surface area (Å²) in [6, 6.07) is 1.99. The molecule has 0 amide bonds. The maximum Gasteiger partial charge on any atom is 0.331 e. The molecule has 4 heteroatoms. The minimum absolute atomic E-state index is 0.000208. The van der Waals surface area contributed by atoms with Gasteiger partial charge in [-0.05, 0) is 67.1 Å². The second kappa shape index (κ2) is 6.07. The molecule has 0 unspecified atom stereocenters. The standard InChI is InChI=1S/C20H28O4/c1-13-4-7-20(3)16(18(22)23)10-15(21)11-17(20)19(13,2)8-5-14-6-9-24-12-14/h6,9-10,12-13,15,17,21H,4-5,7-8,11H2,1-3H3,(H,22,23)/t13-,15+,17-,19+,20+/m1/s1. The van der Waals surface area contributed by atoms with Gasteiger partial charge in [-0.2, -0.15) is 0 Å². The highest BCUT2D eigenvalue weighted by molar-refractivity contribution is 5.88. The monoisotopic (exact) mass is 332 g/mol. The van der Waals surface area contributed by atoms with Gasteiger partial charge in [0, 0.05) is 11.0 Å². The molecule has 0 aliphatic heterocycles. The molecule has 132 valence electrons. The SMILES string of the molecule is C[C@@H]1CC[C@@]2(C)C(C(=O)O)=C[C@H](O)C[C@@H]2[C@@]1(C)CCc1ccoc1. The van der Waals surface area contributed by atoms with Gasteiger partial charge < -0.3 is 14.6 Å². The van der Waals surface area contributed by atoms with Crippen LogP contribution in [0.1, 0.15) is 52.0 Å². The first kappa shape index (κ1) is 17.3. The summed E-state index contributed by atoms with van der Waals surface area (Å²) in [7, 11) is 0. The molecular formula is C20H28O4. The van der Waals surface area contributed by atoms with E-state index in [-0.39, 0.29) is 16.7 Å². The van der Waals surface area contributed by atoms with Crippen LogP contribution in [-0.2, 0) is 11.2 Å². The Hall–Kier alpha value is -1.55. The van der Waals surface area contributed by atoms with E-state index >= 15 is 0 Å². The first-order valence-corrected chi connectivity index (χ1v) is 8.92. The number of carboxylic acids is 1. The molecule has 0 spiro atoms. The Morgan fingerprint density at radius 2 is 2.17 bits per heavy atom. The van der Waals surface area contributed by atoms with Crippen LogP contribution in [0.5, 0.6) is 0 Å². The van der Waals surface area contributed by atoms with Crippen LogP contribution >= 0.6 is 0 Å². The van der Waals surface area contributed by atoms with Crippen molar-refractivity contribution in [3.8, 4) is 0 Å². The quantitative estimate of drug-likeness (QED) is 0.873. The van der Waals surface area contributed by atoms with E-state index in [1.165, 1.54) is 5.56 Å². The van der Waals surface area contributed by atoms with Crippen molar-refractivity contribution in [1.29, 1.82) is 0 Å². The molecule has 1 heterocycles. The van der Waals surface area contributed by atoms with Gasteiger partial charge in [-0.25, -0.2) is 4.79 Å². The lowest BCUT2D eigenvalue weighted by Crippen LogP contribution is -2.53. The van der Waals surface area contributed by atoms with Crippen LogP contribution in [0, 0.1) is 22.7 Å². The summed E-state index contributed by atoms with van der Waals surface area (Å²) < 4.78 is 5.18. The Labute approximate surface area is 143 Å². The first-order valence-electron chi connectivity index (χ1n) is 8.92. The summed E-state index contributed by atoms with van der Waals surface area (Å²) in [5.74, 6) is -0.206. The van der Waals surface area contributed by atoms with E-state index in [0.29, 0.717) is 17.9 Å². The zero-order valence-corrected chi connectivity index (χ0v) is 14.8. The van der Waals surface area contributed by atoms with E-state index in [2.05, 4.69) is 20.8 Å². The number of aliphatic hydroxyl groups excluding tert-OH is 1. The summed E-state index contributed by atoms with van der Waals surface area (Å²) in [6.07, 6.45) is 8.86. The normalized spacial score (nSPS) is 39.2. The van der Waals surface area contributed by atoms with Crippen molar-refractivity contribution in [2.24, 2.45) is 22.7 Å². The molecule has 1 aromatic rings. The van der Waals surface area contributed by atoms with Gasteiger partial charge in [-0.1, -0.05) is 20.8 Å². The number of rotatable bonds is 4. The summed E-state index contributed by atoms with van der Waals surface area (Å²) in [6.45, 7) is 6.66. The fourth-order valence-corrected chi connectivity index (χ4v) is 5.22. The van der Waals surface area contributed by atoms with Crippen LogP contribution in [0.25, 0.3) is 0 Å². The third-order valence-electron chi connectivity index (χ3n) is 7.00. The smallest absolute Gasteiger partial charge is 0.331 e. The Bertz CT molecular complexity index is 632. The van der Waals surface area contributed by atoms with Crippen molar-refractivity contribution in [2.75, 3.05) is 0 Å². The minimum Gasteiger partial charge on any atom is -0.478 e. The van der Waals surface area contributed by atoms with Gasteiger partial charge in [0.05, 0.1) is 18.6 Å². The zero-order valence-electron chi connectivity index (χ0n) is 14.8. The van der Waals surface area contributed by atoms with Crippen LogP contribution in [0.4, 0.5) is 0 Å². The molecule has 24 heavy (non-hydrogen) atoms. The lowest BCUT2D eigenvalue weighted by molar-refractivity contribution is -0.138. The highest BCUT2D eigenvalue weighted by Gasteiger charge is 2.56. The van der Waals surface area contributed by atoms with Crippen molar-refractivity contribution in [1.82, 2.24) is 0 Å². The molecule has 1 aromatic heterocycles. The number of furan rings is 1. The summed E-state index contributed by atoms with van der Waals surface area (Å²) in [4.78, 5) is 11.8. The largest absolute Gasteiger partial charge is 0.478 e. The van der Waals surface area contributed by atoms with Crippen molar-refractivity contribution < 1.29 is 19.4 Å². The third kappa shape index (κ3) is 2.71. The molecule has 0 bridgehead atoms. The molecule has 1 saturated carbocycles. The van der Waals surface area contributed by atoms with Gasteiger partial charge >= 0.3 is 5.97 Å². The van der Waals surface area contributed by atoms with Crippen LogP contribution in [0.3, 0.4) is 0 Å². The van der Waals surface area contributed by atoms with Crippen molar-refractivity contribution in [3.05, 3.63) is 35.8 Å². The van der Waals surface area contributed by atoms with E-state index < -0.39 is 12.1 Å². The Morgan fingerprint density at radius 1 is 1.42 bits per heavy atom. The highest BCUT2D eigenvalue weighted by atomic mass is 16.4. The predicted molar refractivity (Wildman–Crippen MR) is 91.5 cm³/mol. The number of hydrogen-bond donors (Lipinski definition) is 2. The highest BCUT2D eigenvalue weighted by Crippen LogP contribution is 2.61. The topological polar surface area (TPSA) is 70.7 Å². The van der Waals surface area contributed by atoms with Crippen LogP contribution in [0.15, 0.2) is 34.7 Å². The predicted octanol–water partition coefficient (Wildman–Crippen LogP) is 4.05. The number of carboxylic acid groups (broad SMARTS) is 1. The molecule has 0 saturated heterocycles. The van der Waals surface area contributed by atoms with Crippen LogP contribution < -0.4 is 0 Å². The lowest BCUT2D eigenvalue weighted by Gasteiger charge is -2.58. The molecule has 4 nitrogen and oxygen atoms in total. The third-order valence-corrected chi connectivity index (χ3v) is 7.00. The number of aliphatic hydroxyl groups is 1.